The summed E-state index contributed by atoms with van der Waals surface area (Å²) in [4.78, 5) is 23.1. The molecule has 0 amide bonds. The molecule has 13 heteroatoms. The molecule has 12 nitrogen and oxygen atoms in total. The van der Waals surface area contributed by atoms with Crippen LogP contribution in [0.2, 0.25) is 0 Å². The summed E-state index contributed by atoms with van der Waals surface area (Å²) in [5.41, 5.74) is 0. The van der Waals surface area contributed by atoms with Gasteiger partial charge in [0.15, 0.2) is 0 Å². The molecule has 58 heavy (non-hydrogen) atoms. The predicted octanol–water partition coefficient (Wildman–Crippen LogP) is 9.09. The summed E-state index contributed by atoms with van der Waals surface area (Å²) in [6.45, 7) is 4.19. The molecule has 0 radical (unpaired) electrons. The molecule has 0 aromatic carbocycles. The van der Waals surface area contributed by atoms with E-state index in [1.165, 1.54) is 77.0 Å². The molecule has 1 fully saturated rings. The van der Waals surface area contributed by atoms with Crippen LogP contribution in [0.4, 0.5) is 0 Å². The standard InChI is InChI=1S/C45H83O12P/c1-3-5-7-9-11-13-15-17-18-19-20-21-23-25-27-29-31-33-35-54-36-38(37-55-58(52,53)57-45-43(50)41(48)40(47)42(49)44(45)51)56-39(46)34-32-30-28-26-24-22-16-14-12-10-8-6-4-2/h11,13-14,16-18,38,40-45,47-51H,3-10,12,15,19-37H2,1-2H3,(H,52,53)/b13-11-,16-14-,18-17-. The first-order chi connectivity index (χ1) is 28.0. The van der Waals surface area contributed by atoms with Crippen LogP contribution in [-0.4, -0.2) is 98.9 Å². The van der Waals surface area contributed by atoms with Gasteiger partial charge in [0.1, 0.15) is 42.7 Å². The van der Waals surface area contributed by atoms with Gasteiger partial charge in [0.2, 0.25) is 0 Å². The van der Waals surface area contributed by atoms with Crippen LogP contribution >= 0.6 is 7.82 Å². The first-order valence-corrected chi connectivity index (χ1v) is 24.3. The van der Waals surface area contributed by atoms with E-state index in [2.05, 4.69) is 50.3 Å². The van der Waals surface area contributed by atoms with Gasteiger partial charge in [-0.05, 0) is 70.6 Å². The number of carbonyl (C=O) groups is 1. The Morgan fingerprint density at radius 3 is 1.50 bits per heavy atom. The van der Waals surface area contributed by atoms with Gasteiger partial charge in [0.05, 0.1) is 13.2 Å². The lowest BCUT2D eigenvalue weighted by atomic mass is 9.85. The highest BCUT2D eigenvalue weighted by Gasteiger charge is 2.51. The Morgan fingerprint density at radius 1 is 0.552 bits per heavy atom. The fourth-order valence-corrected chi connectivity index (χ4v) is 7.76. The molecular weight excluding hydrogens is 763 g/mol. The number of hydrogen-bond acceptors (Lipinski definition) is 11. The Hall–Kier alpha value is -1.44. The second kappa shape index (κ2) is 36.2. The smallest absolute Gasteiger partial charge is 0.457 e. The lowest BCUT2D eigenvalue weighted by Crippen LogP contribution is -2.64. The van der Waals surface area contributed by atoms with E-state index < -0.39 is 63.1 Å². The van der Waals surface area contributed by atoms with Crippen molar-refractivity contribution in [3.63, 3.8) is 0 Å². The SMILES string of the molecule is CCCCC/C=C\C/C=C\CCCCCCCCCCOCC(COP(=O)(O)OC1C(O)C(O)C(O)C(O)C1O)OC(=O)CCCCCCC/C=C\CCCCCC. The van der Waals surface area contributed by atoms with Gasteiger partial charge in [0.25, 0.3) is 0 Å². The van der Waals surface area contributed by atoms with Crippen LogP contribution in [0.5, 0.6) is 0 Å². The van der Waals surface area contributed by atoms with E-state index in [1.807, 2.05) is 0 Å². The average Bonchev–Trinajstić information content (AvgIpc) is 3.21. The van der Waals surface area contributed by atoms with Crippen molar-refractivity contribution in [1.29, 1.82) is 0 Å². The largest absolute Gasteiger partial charge is 0.472 e. The lowest BCUT2D eigenvalue weighted by molar-refractivity contribution is -0.220. The Morgan fingerprint density at radius 2 is 0.966 bits per heavy atom. The van der Waals surface area contributed by atoms with Crippen LogP contribution in [-0.2, 0) is 27.9 Å². The van der Waals surface area contributed by atoms with Crippen LogP contribution in [0.15, 0.2) is 36.5 Å². The topological polar surface area (TPSA) is 192 Å². The first kappa shape index (κ1) is 54.6. The molecular formula is C45H83O12P. The summed E-state index contributed by atoms with van der Waals surface area (Å²) >= 11 is 0. The van der Waals surface area contributed by atoms with Gasteiger partial charge < -0.3 is 39.9 Å². The van der Waals surface area contributed by atoms with Crippen LogP contribution in [0.25, 0.3) is 0 Å². The number of phosphoric ester groups is 1. The fraction of sp³-hybridized carbons (Fsp3) is 0.844. The second-order valence-electron chi connectivity index (χ2n) is 15.9. The number of rotatable bonds is 38. The van der Waals surface area contributed by atoms with Crippen molar-refractivity contribution in [3.05, 3.63) is 36.5 Å². The van der Waals surface area contributed by atoms with Gasteiger partial charge in [-0.25, -0.2) is 4.57 Å². The third-order valence-electron chi connectivity index (χ3n) is 10.5. The van der Waals surface area contributed by atoms with E-state index in [0.29, 0.717) is 13.0 Å². The Labute approximate surface area is 351 Å². The van der Waals surface area contributed by atoms with Gasteiger partial charge in [-0.1, -0.05) is 140 Å². The highest BCUT2D eigenvalue weighted by Crippen LogP contribution is 2.47. The quantitative estimate of drug-likeness (QED) is 0.0150. The molecule has 0 saturated heterocycles. The molecule has 0 aliphatic heterocycles. The maximum absolute atomic E-state index is 12.8. The molecule has 1 rings (SSSR count). The Kier molecular flexibility index (Phi) is 34.1. The minimum atomic E-state index is -5.02. The van der Waals surface area contributed by atoms with Crippen LogP contribution in [0, 0.1) is 0 Å². The summed E-state index contributed by atoms with van der Waals surface area (Å²) < 4.78 is 34.1. The number of hydrogen-bond donors (Lipinski definition) is 6. The molecule has 0 aromatic rings. The second-order valence-corrected chi connectivity index (χ2v) is 17.3. The highest BCUT2D eigenvalue weighted by molar-refractivity contribution is 7.47. The molecule has 1 aliphatic rings. The number of ether oxygens (including phenoxy) is 2. The van der Waals surface area contributed by atoms with Crippen molar-refractivity contribution in [3.8, 4) is 0 Å². The maximum Gasteiger partial charge on any atom is 0.472 e. The van der Waals surface area contributed by atoms with Crippen LogP contribution in [0.1, 0.15) is 181 Å². The molecule has 0 spiro atoms. The van der Waals surface area contributed by atoms with Gasteiger partial charge in [-0.2, -0.15) is 0 Å². The van der Waals surface area contributed by atoms with Crippen molar-refractivity contribution in [2.24, 2.45) is 0 Å². The molecule has 6 atom stereocenters. The molecule has 6 unspecified atom stereocenters. The van der Waals surface area contributed by atoms with E-state index in [9.17, 15) is 39.8 Å². The Bertz CT molecular complexity index is 1100. The van der Waals surface area contributed by atoms with E-state index in [1.54, 1.807) is 0 Å². The fourth-order valence-electron chi connectivity index (χ4n) is 6.79. The number of aliphatic hydroxyl groups is 5. The third kappa shape index (κ3) is 28.2. The summed E-state index contributed by atoms with van der Waals surface area (Å²) in [5, 5.41) is 50.1. The minimum Gasteiger partial charge on any atom is -0.457 e. The molecule has 340 valence electrons. The van der Waals surface area contributed by atoms with Crippen LogP contribution in [0.3, 0.4) is 0 Å². The van der Waals surface area contributed by atoms with Crippen molar-refractivity contribution >= 4 is 13.8 Å². The van der Waals surface area contributed by atoms with E-state index in [0.717, 1.165) is 77.0 Å². The zero-order valence-electron chi connectivity index (χ0n) is 36.1. The van der Waals surface area contributed by atoms with E-state index in [-0.39, 0.29) is 13.0 Å². The number of esters is 1. The molecule has 0 heterocycles. The number of unbranched alkanes of at least 4 members (excludes halogenated alkanes) is 20. The van der Waals surface area contributed by atoms with Gasteiger partial charge in [-0.3, -0.25) is 13.8 Å². The summed E-state index contributed by atoms with van der Waals surface area (Å²) in [6.07, 6.45) is 29.2. The molecule has 1 aliphatic carbocycles. The predicted molar refractivity (Wildman–Crippen MR) is 230 cm³/mol. The monoisotopic (exact) mass is 847 g/mol. The van der Waals surface area contributed by atoms with Crippen molar-refractivity contribution in [1.82, 2.24) is 0 Å². The number of aliphatic hydroxyl groups excluding tert-OH is 5. The van der Waals surface area contributed by atoms with Crippen LogP contribution < -0.4 is 0 Å². The molecule has 0 bridgehead atoms. The summed E-state index contributed by atoms with van der Waals surface area (Å²) in [6, 6.07) is 0. The summed E-state index contributed by atoms with van der Waals surface area (Å²) in [5.74, 6) is -0.489. The highest BCUT2D eigenvalue weighted by atomic mass is 31.2. The van der Waals surface area contributed by atoms with Crippen molar-refractivity contribution in [2.75, 3.05) is 19.8 Å². The van der Waals surface area contributed by atoms with Gasteiger partial charge in [-0.15, -0.1) is 0 Å². The van der Waals surface area contributed by atoms with Gasteiger partial charge >= 0.3 is 13.8 Å². The van der Waals surface area contributed by atoms with E-state index >= 15 is 0 Å². The summed E-state index contributed by atoms with van der Waals surface area (Å²) in [7, 11) is -5.02. The zero-order chi connectivity index (χ0) is 42.7. The van der Waals surface area contributed by atoms with E-state index in [4.69, 9.17) is 18.5 Å². The zero-order valence-corrected chi connectivity index (χ0v) is 37.0. The minimum absolute atomic E-state index is 0.0835. The van der Waals surface area contributed by atoms with Crippen molar-refractivity contribution in [2.45, 2.75) is 224 Å². The maximum atomic E-state index is 12.8. The average molecular weight is 847 g/mol. The van der Waals surface area contributed by atoms with Crippen molar-refractivity contribution < 1.29 is 58.3 Å². The molecule has 0 aromatic heterocycles. The van der Waals surface area contributed by atoms with Gasteiger partial charge in [0, 0.05) is 13.0 Å². The number of carbonyl (C=O) groups excluding carboxylic acids is 1. The first-order valence-electron chi connectivity index (χ1n) is 22.8. The molecule has 6 N–H and O–H groups in total. The normalized spacial score (nSPS) is 23.0. The number of allylic oxidation sites excluding steroid dienone is 6. The number of phosphoric acid groups is 1. The third-order valence-corrected chi connectivity index (χ3v) is 11.5. The molecule has 1 saturated carbocycles. The lowest BCUT2D eigenvalue weighted by Gasteiger charge is -2.41. The Balaban J connectivity index is 2.40.